The van der Waals surface area contributed by atoms with Crippen molar-refractivity contribution in [3.8, 4) is 11.5 Å². The number of ether oxygens (including phenoxy) is 3. The topological polar surface area (TPSA) is 49.0 Å². The first-order valence-electron chi connectivity index (χ1n) is 6.35. The zero-order valence-electron chi connectivity index (χ0n) is 12.1. The van der Waals surface area contributed by atoms with Gasteiger partial charge >= 0.3 is 0 Å². The molecular formula is C14H23NO4. The summed E-state index contributed by atoms with van der Waals surface area (Å²) in [6.07, 6.45) is 0.905. The molecule has 1 atom stereocenters. The largest absolute Gasteiger partial charge is 0.493 e. The monoisotopic (exact) mass is 269 g/mol. The lowest BCUT2D eigenvalue weighted by molar-refractivity contribution is -0.0131. The Morgan fingerprint density at radius 2 is 1.79 bits per heavy atom. The number of hydrogen-bond donors (Lipinski definition) is 1. The summed E-state index contributed by atoms with van der Waals surface area (Å²) in [6.45, 7) is 3.17. The van der Waals surface area contributed by atoms with Gasteiger partial charge in [0.15, 0.2) is 11.5 Å². The average molecular weight is 269 g/mol. The van der Waals surface area contributed by atoms with Crippen LogP contribution in [-0.2, 0) is 9.57 Å². The quantitative estimate of drug-likeness (QED) is 0.551. The SMILES string of the molecule is CCC(NOCCOC)c1ccc(OC)c(OC)c1. The van der Waals surface area contributed by atoms with Crippen molar-refractivity contribution in [1.82, 2.24) is 5.48 Å². The summed E-state index contributed by atoms with van der Waals surface area (Å²) in [5.74, 6) is 1.44. The van der Waals surface area contributed by atoms with Crippen LogP contribution in [0.4, 0.5) is 0 Å². The van der Waals surface area contributed by atoms with Crippen molar-refractivity contribution < 1.29 is 19.0 Å². The Morgan fingerprint density at radius 1 is 1.05 bits per heavy atom. The van der Waals surface area contributed by atoms with Crippen LogP contribution < -0.4 is 15.0 Å². The number of hydroxylamine groups is 1. The second-order valence-electron chi connectivity index (χ2n) is 4.03. The number of benzene rings is 1. The summed E-state index contributed by atoms with van der Waals surface area (Å²) in [6, 6.07) is 5.96. The molecule has 0 spiro atoms. The summed E-state index contributed by atoms with van der Waals surface area (Å²) in [4.78, 5) is 5.36. The molecule has 1 aromatic carbocycles. The number of nitrogens with one attached hydrogen (secondary N) is 1. The van der Waals surface area contributed by atoms with Gasteiger partial charge in [0.1, 0.15) is 0 Å². The van der Waals surface area contributed by atoms with Gasteiger partial charge in [0.25, 0.3) is 0 Å². The molecule has 0 aromatic heterocycles. The van der Waals surface area contributed by atoms with E-state index in [9.17, 15) is 0 Å². The smallest absolute Gasteiger partial charge is 0.161 e. The third-order valence-electron chi connectivity index (χ3n) is 2.83. The van der Waals surface area contributed by atoms with E-state index in [-0.39, 0.29) is 6.04 Å². The second-order valence-corrected chi connectivity index (χ2v) is 4.03. The van der Waals surface area contributed by atoms with Gasteiger partial charge in [-0.25, -0.2) is 0 Å². The summed E-state index contributed by atoms with van der Waals surface area (Å²) < 4.78 is 15.5. The third-order valence-corrected chi connectivity index (χ3v) is 2.83. The van der Waals surface area contributed by atoms with Crippen LogP contribution in [0.15, 0.2) is 18.2 Å². The highest BCUT2D eigenvalue weighted by Crippen LogP contribution is 2.30. The van der Waals surface area contributed by atoms with Gasteiger partial charge in [-0.15, -0.1) is 0 Å². The van der Waals surface area contributed by atoms with Crippen molar-refractivity contribution in [2.75, 3.05) is 34.5 Å². The van der Waals surface area contributed by atoms with Crippen molar-refractivity contribution in [2.24, 2.45) is 0 Å². The van der Waals surface area contributed by atoms with Crippen LogP contribution in [-0.4, -0.2) is 34.5 Å². The molecule has 5 nitrogen and oxygen atoms in total. The van der Waals surface area contributed by atoms with Gasteiger partial charge in [0.05, 0.1) is 33.5 Å². The van der Waals surface area contributed by atoms with E-state index in [0.29, 0.717) is 13.2 Å². The molecule has 0 aliphatic heterocycles. The molecule has 19 heavy (non-hydrogen) atoms. The molecule has 1 N–H and O–H groups in total. The van der Waals surface area contributed by atoms with E-state index in [0.717, 1.165) is 23.5 Å². The molecule has 5 heteroatoms. The van der Waals surface area contributed by atoms with Crippen molar-refractivity contribution in [2.45, 2.75) is 19.4 Å². The predicted octanol–water partition coefficient (Wildman–Crippen LogP) is 2.32. The molecule has 0 bridgehead atoms. The lowest BCUT2D eigenvalue weighted by atomic mass is 10.0. The standard InChI is InChI=1S/C14H23NO4/c1-5-12(15-19-9-8-16-2)11-6-7-13(17-3)14(10-11)18-4/h6-7,10,12,15H,5,8-9H2,1-4H3. The van der Waals surface area contributed by atoms with Crippen molar-refractivity contribution in [1.29, 1.82) is 0 Å². The molecule has 0 saturated heterocycles. The minimum atomic E-state index is 0.108. The molecule has 0 aliphatic rings. The Kier molecular flexibility index (Phi) is 7.25. The van der Waals surface area contributed by atoms with Gasteiger partial charge in [-0.05, 0) is 24.1 Å². The molecule has 0 amide bonds. The summed E-state index contributed by atoms with van der Waals surface area (Å²) in [5.41, 5.74) is 4.13. The Balaban J connectivity index is 2.69. The van der Waals surface area contributed by atoms with Gasteiger partial charge < -0.3 is 14.2 Å². The van der Waals surface area contributed by atoms with Crippen LogP contribution >= 0.6 is 0 Å². The van der Waals surface area contributed by atoms with Gasteiger partial charge in [0.2, 0.25) is 0 Å². The van der Waals surface area contributed by atoms with E-state index in [4.69, 9.17) is 19.0 Å². The van der Waals surface area contributed by atoms with Crippen molar-refractivity contribution in [3.63, 3.8) is 0 Å². The highest BCUT2D eigenvalue weighted by molar-refractivity contribution is 5.43. The number of methoxy groups -OCH3 is 3. The predicted molar refractivity (Wildman–Crippen MR) is 73.5 cm³/mol. The molecule has 1 rings (SSSR count). The first kappa shape index (κ1) is 15.8. The highest BCUT2D eigenvalue weighted by Gasteiger charge is 2.12. The fraction of sp³-hybridized carbons (Fsp3) is 0.571. The molecule has 1 unspecified atom stereocenters. The lowest BCUT2D eigenvalue weighted by Gasteiger charge is -2.18. The van der Waals surface area contributed by atoms with Gasteiger partial charge in [-0.1, -0.05) is 13.0 Å². The second kappa shape index (κ2) is 8.74. The maximum absolute atomic E-state index is 5.36. The van der Waals surface area contributed by atoms with E-state index >= 15 is 0 Å². The van der Waals surface area contributed by atoms with E-state index in [1.165, 1.54) is 0 Å². The summed E-state index contributed by atoms with van der Waals surface area (Å²) >= 11 is 0. The van der Waals surface area contributed by atoms with E-state index in [1.54, 1.807) is 21.3 Å². The molecular weight excluding hydrogens is 246 g/mol. The Labute approximate surface area is 114 Å². The Morgan fingerprint density at radius 3 is 2.37 bits per heavy atom. The molecule has 108 valence electrons. The maximum Gasteiger partial charge on any atom is 0.161 e. The van der Waals surface area contributed by atoms with Gasteiger partial charge in [-0.2, -0.15) is 5.48 Å². The van der Waals surface area contributed by atoms with Crippen LogP contribution in [0.3, 0.4) is 0 Å². The molecule has 0 saturated carbocycles. The first-order chi connectivity index (χ1) is 9.26. The number of hydrogen-bond acceptors (Lipinski definition) is 5. The number of rotatable bonds is 9. The lowest BCUT2D eigenvalue weighted by Crippen LogP contribution is -2.23. The minimum Gasteiger partial charge on any atom is -0.493 e. The normalized spacial score (nSPS) is 12.2. The summed E-state index contributed by atoms with van der Waals surface area (Å²) in [7, 11) is 4.90. The van der Waals surface area contributed by atoms with Crippen LogP contribution in [0, 0.1) is 0 Å². The Bertz CT molecular complexity index is 370. The highest BCUT2D eigenvalue weighted by atomic mass is 16.7. The van der Waals surface area contributed by atoms with Crippen molar-refractivity contribution in [3.05, 3.63) is 23.8 Å². The van der Waals surface area contributed by atoms with Crippen LogP contribution in [0.1, 0.15) is 24.9 Å². The zero-order valence-corrected chi connectivity index (χ0v) is 12.1. The maximum atomic E-state index is 5.36. The molecule has 0 heterocycles. The minimum absolute atomic E-state index is 0.108. The van der Waals surface area contributed by atoms with E-state index in [2.05, 4.69) is 12.4 Å². The van der Waals surface area contributed by atoms with Gasteiger partial charge in [0, 0.05) is 7.11 Å². The van der Waals surface area contributed by atoms with Crippen molar-refractivity contribution >= 4 is 0 Å². The van der Waals surface area contributed by atoms with Crippen LogP contribution in [0.2, 0.25) is 0 Å². The fourth-order valence-electron chi connectivity index (χ4n) is 1.74. The average Bonchev–Trinajstić information content (AvgIpc) is 2.46. The van der Waals surface area contributed by atoms with Crippen LogP contribution in [0.25, 0.3) is 0 Å². The van der Waals surface area contributed by atoms with Crippen LogP contribution in [0.5, 0.6) is 11.5 Å². The first-order valence-corrected chi connectivity index (χ1v) is 6.35. The van der Waals surface area contributed by atoms with E-state index in [1.807, 2.05) is 18.2 Å². The van der Waals surface area contributed by atoms with E-state index < -0.39 is 0 Å². The molecule has 0 aliphatic carbocycles. The molecule has 1 aromatic rings. The zero-order chi connectivity index (χ0) is 14.1. The third kappa shape index (κ3) is 4.70. The van der Waals surface area contributed by atoms with Gasteiger partial charge in [-0.3, -0.25) is 4.84 Å². The summed E-state index contributed by atoms with van der Waals surface area (Å²) in [5, 5.41) is 0. The molecule has 0 fully saturated rings. The fourth-order valence-corrected chi connectivity index (χ4v) is 1.74. The Hall–Kier alpha value is -1.30. The molecule has 0 radical (unpaired) electrons.